The van der Waals surface area contributed by atoms with Crippen LogP contribution in [0.3, 0.4) is 0 Å². The standard InChI is InChI=1S/C15H18N2O2/c1-10(18)6-15(19)16-13-3-2-11-8-17(14-4-5-14)9-12(11)7-13/h2-3,7,14H,4-6,8-9H2,1H3,(H,16,19). The smallest absolute Gasteiger partial charge is 0.231 e. The highest BCUT2D eigenvalue weighted by atomic mass is 16.2. The van der Waals surface area contributed by atoms with Crippen molar-refractivity contribution in [2.24, 2.45) is 0 Å². The average Bonchev–Trinajstić information content (AvgIpc) is 3.08. The molecule has 1 heterocycles. The Morgan fingerprint density at radius 3 is 2.68 bits per heavy atom. The normalized spacial score (nSPS) is 18.2. The Hall–Kier alpha value is -1.68. The number of hydrogen-bond acceptors (Lipinski definition) is 3. The van der Waals surface area contributed by atoms with Crippen molar-refractivity contribution in [3.63, 3.8) is 0 Å². The highest BCUT2D eigenvalue weighted by Gasteiger charge is 2.32. The number of Topliss-reactive ketones (excluding diaryl/α,β-unsaturated/α-hetero) is 1. The Morgan fingerprint density at radius 1 is 1.26 bits per heavy atom. The molecule has 1 amide bonds. The van der Waals surface area contributed by atoms with Crippen LogP contribution in [0.25, 0.3) is 0 Å². The molecule has 0 spiro atoms. The molecule has 1 aromatic carbocycles. The van der Waals surface area contributed by atoms with E-state index in [0.29, 0.717) is 0 Å². The van der Waals surface area contributed by atoms with Crippen molar-refractivity contribution in [3.8, 4) is 0 Å². The summed E-state index contributed by atoms with van der Waals surface area (Å²) in [5.74, 6) is -0.344. The number of nitrogens with one attached hydrogen (secondary N) is 1. The van der Waals surface area contributed by atoms with Gasteiger partial charge in [0.2, 0.25) is 5.91 Å². The van der Waals surface area contributed by atoms with Crippen LogP contribution in [0.1, 0.15) is 37.3 Å². The molecule has 2 aliphatic rings. The average molecular weight is 258 g/mol. The molecule has 1 aromatic rings. The van der Waals surface area contributed by atoms with Crippen molar-refractivity contribution in [1.29, 1.82) is 0 Å². The molecule has 1 N–H and O–H groups in total. The molecule has 0 radical (unpaired) electrons. The van der Waals surface area contributed by atoms with Gasteiger partial charge in [-0.05, 0) is 43.0 Å². The summed E-state index contributed by atoms with van der Waals surface area (Å²) in [4.78, 5) is 24.9. The van der Waals surface area contributed by atoms with Crippen LogP contribution < -0.4 is 5.32 Å². The molecule has 1 aliphatic heterocycles. The molecule has 100 valence electrons. The summed E-state index contributed by atoms with van der Waals surface area (Å²) in [6.45, 7) is 3.44. The third-order valence-electron chi connectivity index (χ3n) is 3.71. The Bertz CT molecular complexity index is 535. The molecule has 0 unspecified atom stereocenters. The summed E-state index contributed by atoms with van der Waals surface area (Å²) in [5, 5.41) is 2.78. The van der Waals surface area contributed by atoms with E-state index in [1.54, 1.807) is 0 Å². The lowest BCUT2D eigenvalue weighted by molar-refractivity contribution is -0.124. The van der Waals surface area contributed by atoms with E-state index < -0.39 is 0 Å². The lowest BCUT2D eigenvalue weighted by Crippen LogP contribution is -2.18. The fourth-order valence-electron chi connectivity index (χ4n) is 2.63. The zero-order valence-electron chi connectivity index (χ0n) is 11.1. The van der Waals surface area contributed by atoms with Crippen LogP contribution in [-0.2, 0) is 22.7 Å². The first-order chi connectivity index (χ1) is 9.11. The molecular formula is C15H18N2O2. The number of carbonyl (C=O) groups excluding carboxylic acids is 2. The highest BCUT2D eigenvalue weighted by molar-refractivity contribution is 6.03. The van der Waals surface area contributed by atoms with E-state index >= 15 is 0 Å². The minimum Gasteiger partial charge on any atom is -0.326 e. The summed E-state index contributed by atoms with van der Waals surface area (Å²) in [6, 6.07) is 6.81. The van der Waals surface area contributed by atoms with E-state index in [9.17, 15) is 9.59 Å². The number of rotatable bonds is 4. The summed E-state index contributed by atoms with van der Waals surface area (Å²) in [7, 11) is 0. The fraction of sp³-hybridized carbons (Fsp3) is 0.467. The van der Waals surface area contributed by atoms with E-state index in [-0.39, 0.29) is 18.1 Å². The van der Waals surface area contributed by atoms with Gasteiger partial charge in [-0.25, -0.2) is 0 Å². The Labute approximate surface area is 112 Å². The molecule has 1 aliphatic carbocycles. The molecule has 0 saturated heterocycles. The third-order valence-corrected chi connectivity index (χ3v) is 3.71. The summed E-state index contributed by atoms with van der Waals surface area (Å²) in [5.41, 5.74) is 3.45. The van der Waals surface area contributed by atoms with Gasteiger partial charge < -0.3 is 5.32 Å². The first-order valence-corrected chi connectivity index (χ1v) is 6.77. The maximum atomic E-state index is 11.6. The summed E-state index contributed by atoms with van der Waals surface area (Å²) < 4.78 is 0. The van der Waals surface area contributed by atoms with Crippen LogP contribution in [0, 0.1) is 0 Å². The van der Waals surface area contributed by atoms with Crippen LogP contribution in [0.2, 0.25) is 0 Å². The molecule has 4 nitrogen and oxygen atoms in total. The third kappa shape index (κ3) is 2.84. The van der Waals surface area contributed by atoms with Crippen molar-refractivity contribution in [1.82, 2.24) is 4.90 Å². The van der Waals surface area contributed by atoms with Crippen LogP contribution in [0.4, 0.5) is 5.69 Å². The van der Waals surface area contributed by atoms with Gasteiger partial charge in [-0.2, -0.15) is 0 Å². The van der Waals surface area contributed by atoms with Crippen molar-refractivity contribution in [2.45, 2.75) is 45.3 Å². The molecule has 4 heteroatoms. The zero-order chi connectivity index (χ0) is 13.4. The molecule has 0 bridgehead atoms. The topological polar surface area (TPSA) is 49.4 Å². The van der Waals surface area contributed by atoms with Crippen molar-refractivity contribution < 1.29 is 9.59 Å². The molecule has 1 saturated carbocycles. The van der Waals surface area contributed by atoms with Crippen molar-refractivity contribution in [2.75, 3.05) is 5.32 Å². The number of nitrogens with zero attached hydrogens (tertiary/aromatic N) is 1. The van der Waals surface area contributed by atoms with Gasteiger partial charge in [0.05, 0.1) is 6.42 Å². The number of carbonyl (C=O) groups is 2. The van der Waals surface area contributed by atoms with Crippen molar-refractivity contribution in [3.05, 3.63) is 29.3 Å². The predicted molar refractivity (Wildman–Crippen MR) is 72.6 cm³/mol. The van der Waals surface area contributed by atoms with Gasteiger partial charge in [0.1, 0.15) is 5.78 Å². The molecule has 1 fully saturated rings. The fourth-order valence-corrected chi connectivity index (χ4v) is 2.63. The van der Waals surface area contributed by atoms with E-state index in [0.717, 1.165) is 24.8 Å². The van der Waals surface area contributed by atoms with Crippen molar-refractivity contribution >= 4 is 17.4 Å². The molecule has 0 atom stereocenters. The number of ketones is 1. The maximum Gasteiger partial charge on any atom is 0.231 e. The zero-order valence-corrected chi connectivity index (χ0v) is 11.1. The van der Waals surface area contributed by atoms with E-state index in [1.165, 1.54) is 30.9 Å². The minimum absolute atomic E-state index is 0.0503. The van der Waals surface area contributed by atoms with Gasteiger partial charge >= 0.3 is 0 Å². The quantitative estimate of drug-likeness (QED) is 0.841. The predicted octanol–water partition coefficient (Wildman–Crippen LogP) is 2.08. The van der Waals surface area contributed by atoms with Crippen LogP contribution in [0.5, 0.6) is 0 Å². The SMILES string of the molecule is CC(=O)CC(=O)Nc1ccc2c(c1)CN(C1CC1)C2. The van der Waals surface area contributed by atoms with Gasteiger partial charge in [0.15, 0.2) is 0 Å². The van der Waals surface area contributed by atoms with Gasteiger partial charge in [-0.15, -0.1) is 0 Å². The lowest BCUT2D eigenvalue weighted by Gasteiger charge is -2.12. The summed E-state index contributed by atoms with van der Waals surface area (Å²) in [6.07, 6.45) is 2.58. The number of amides is 1. The Morgan fingerprint density at radius 2 is 2.00 bits per heavy atom. The van der Waals surface area contributed by atoms with E-state index in [4.69, 9.17) is 0 Å². The Balaban J connectivity index is 1.67. The lowest BCUT2D eigenvalue weighted by atomic mass is 10.1. The number of benzene rings is 1. The minimum atomic E-state index is -0.232. The summed E-state index contributed by atoms with van der Waals surface area (Å²) >= 11 is 0. The first kappa shape index (κ1) is 12.4. The molecular weight excluding hydrogens is 240 g/mol. The Kier molecular flexibility index (Phi) is 3.11. The molecule has 19 heavy (non-hydrogen) atoms. The molecule has 0 aromatic heterocycles. The van der Waals surface area contributed by atoms with E-state index in [1.807, 2.05) is 12.1 Å². The second kappa shape index (κ2) is 4.78. The van der Waals surface area contributed by atoms with Gasteiger partial charge in [0.25, 0.3) is 0 Å². The number of anilines is 1. The number of hydrogen-bond donors (Lipinski definition) is 1. The highest BCUT2D eigenvalue weighted by Crippen LogP contribution is 2.35. The van der Waals surface area contributed by atoms with Gasteiger partial charge in [-0.1, -0.05) is 6.07 Å². The van der Waals surface area contributed by atoms with Crippen LogP contribution in [0.15, 0.2) is 18.2 Å². The van der Waals surface area contributed by atoms with E-state index in [2.05, 4.69) is 16.3 Å². The monoisotopic (exact) mass is 258 g/mol. The molecule has 3 rings (SSSR count). The maximum absolute atomic E-state index is 11.6. The van der Waals surface area contributed by atoms with Crippen LogP contribution >= 0.6 is 0 Å². The second-order valence-corrected chi connectivity index (χ2v) is 5.55. The first-order valence-electron chi connectivity index (χ1n) is 6.77. The second-order valence-electron chi connectivity index (χ2n) is 5.55. The van der Waals surface area contributed by atoms with Gasteiger partial charge in [-0.3, -0.25) is 14.5 Å². The van der Waals surface area contributed by atoms with Gasteiger partial charge in [0, 0.05) is 24.8 Å². The van der Waals surface area contributed by atoms with Crippen LogP contribution in [-0.4, -0.2) is 22.6 Å². The largest absolute Gasteiger partial charge is 0.326 e. The number of fused-ring (bicyclic) bond motifs is 1.